The third kappa shape index (κ3) is 4.17. The highest BCUT2D eigenvalue weighted by molar-refractivity contribution is 7.89. The lowest BCUT2D eigenvalue weighted by molar-refractivity contribution is -0.116. The fourth-order valence-electron chi connectivity index (χ4n) is 3.21. The third-order valence-electron chi connectivity index (χ3n) is 4.56. The number of amides is 1. The van der Waals surface area contributed by atoms with Gasteiger partial charge in [0.1, 0.15) is 10.6 Å². The number of methoxy groups -OCH3 is 1. The molecule has 0 bridgehead atoms. The van der Waals surface area contributed by atoms with Gasteiger partial charge in [-0.05, 0) is 37.3 Å². The molecule has 9 nitrogen and oxygen atoms in total. The number of aromatic nitrogens is 2. The van der Waals surface area contributed by atoms with Crippen LogP contribution in [0.15, 0.2) is 52.2 Å². The summed E-state index contributed by atoms with van der Waals surface area (Å²) < 4.78 is 31.6. The number of imidazole rings is 1. The largest absolute Gasteiger partial charge is 0.495 e. The van der Waals surface area contributed by atoms with Gasteiger partial charge in [-0.15, -0.1) is 0 Å². The topological polar surface area (TPSA) is 125 Å². The van der Waals surface area contributed by atoms with Crippen LogP contribution in [0, 0.1) is 0 Å². The van der Waals surface area contributed by atoms with Crippen molar-refractivity contribution in [2.24, 2.45) is 5.14 Å². The Morgan fingerprint density at radius 2 is 1.79 bits per heavy atom. The van der Waals surface area contributed by atoms with Gasteiger partial charge < -0.3 is 10.1 Å². The van der Waals surface area contributed by atoms with Crippen molar-refractivity contribution in [2.45, 2.75) is 31.3 Å². The Balaban J connectivity index is 1.79. The molecule has 0 radical (unpaired) electrons. The SMILES string of the molecule is CCn1c(=O)n(CCC(=O)Nc2ccc(OC)c(S(N)(=O)=O)c2)c2ccccc21. The Bertz CT molecular complexity index is 1230. The van der Waals surface area contributed by atoms with Crippen LogP contribution in [0.2, 0.25) is 0 Å². The Hall–Kier alpha value is -3.11. The van der Waals surface area contributed by atoms with Gasteiger partial charge in [0, 0.05) is 25.2 Å². The van der Waals surface area contributed by atoms with Crippen molar-refractivity contribution < 1.29 is 17.9 Å². The number of carbonyl (C=O) groups excluding carboxylic acids is 1. The molecule has 0 aliphatic rings. The number of nitrogens with zero attached hydrogens (tertiary/aromatic N) is 2. The maximum atomic E-state index is 12.6. The second-order valence-electron chi connectivity index (χ2n) is 6.38. The summed E-state index contributed by atoms with van der Waals surface area (Å²) >= 11 is 0. The second-order valence-corrected chi connectivity index (χ2v) is 7.91. The van der Waals surface area contributed by atoms with Crippen LogP contribution in [0.1, 0.15) is 13.3 Å². The highest BCUT2D eigenvalue weighted by atomic mass is 32.2. The molecule has 3 aromatic rings. The van der Waals surface area contributed by atoms with Gasteiger partial charge >= 0.3 is 5.69 Å². The van der Waals surface area contributed by atoms with Crippen LogP contribution in [0.25, 0.3) is 11.0 Å². The van der Waals surface area contributed by atoms with Crippen molar-refractivity contribution in [3.05, 3.63) is 52.9 Å². The van der Waals surface area contributed by atoms with Gasteiger partial charge in [0.25, 0.3) is 0 Å². The average Bonchev–Trinajstić information content (AvgIpc) is 2.96. The molecule has 0 saturated carbocycles. The lowest BCUT2D eigenvalue weighted by atomic mass is 10.2. The summed E-state index contributed by atoms with van der Waals surface area (Å²) in [6.45, 7) is 2.61. The number of carbonyl (C=O) groups is 1. The highest BCUT2D eigenvalue weighted by Crippen LogP contribution is 2.26. The number of anilines is 1. The van der Waals surface area contributed by atoms with E-state index in [4.69, 9.17) is 9.88 Å². The van der Waals surface area contributed by atoms with Crippen LogP contribution in [-0.4, -0.2) is 30.6 Å². The van der Waals surface area contributed by atoms with E-state index in [2.05, 4.69) is 5.32 Å². The molecular formula is C19H22N4O5S. The van der Waals surface area contributed by atoms with E-state index < -0.39 is 10.0 Å². The number of nitrogens with one attached hydrogen (secondary N) is 1. The van der Waals surface area contributed by atoms with Crippen molar-refractivity contribution in [1.82, 2.24) is 9.13 Å². The molecule has 10 heteroatoms. The minimum absolute atomic E-state index is 0.0361. The molecule has 3 N–H and O–H groups in total. The number of primary sulfonamides is 1. The molecule has 0 spiro atoms. The van der Waals surface area contributed by atoms with Gasteiger partial charge in [0.2, 0.25) is 15.9 Å². The van der Waals surface area contributed by atoms with Crippen LogP contribution < -0.4 is 20.9 Å². The first kappa shape index (κ1) is 20.6. The fraction of sp³-hybridized carbons (Fsp3) is 0.263. The van der Waals surface area contributed by atoms with E-state index in [-0.39, 0.29) is 40.9 Å². The minimum Gasteiger partial charge on any atom is -0.495 e. The molecule has 3 rings (SSSR count). The standard InChI is InChI=1S/C19H22N4O5S/c1-3-22-14-6-4-5-7-15(14)23(19(22)25)11-10-18(24)21-13-8-9-16(28-2)17(12-13)29(20,26)27/h4-9,12H,3,10-11H2,1-2H3,(H,21,24)(H2,20,26,27). The zero-order valence-corrected chi connectivity index (χ0v) is 16.9. The average molecular weight is 418 g/mol. The second kappa shape index (κ2) is 8.10. The number of rotatable bonds is 7. The summed E-state index contributed by atoms with van der Waals surface area (Å²) in [6.07, 6.45) is 0.0361. The molecule has 29 heavy (non-hydrogen) atoms. The number of fused-ring (bicyclic) bond motifs is 1. The summed E-state index contributed by atoms with van der Waals surface area (Å²) in [6, 6.07) is 11.6. The molecule has 2 aromatic carbocycles. The van der Waals surface area contributed by atoms with E-state index >= 15 is 0 Å². The van der Waals surface area contributed by atoms with Gasteiger partial charge in [0.15, 0.2) is 0 Å². The van der Waals surface area contributed by atoms with Gasteiger partial charge in [-0.3, -0.25) is 13.9 Å². The molecule has 0 fully saturated rings. The first-order valence-electron chi connectivity index (χ1n) is 8.95. The quantitative estimate of drug-likeness (QED) is 0.602. The van der Waals surface area contributed by atoms with Crippen LogP contribution >= 0.6 is 0 Å². The van der Waals surface area contributed by atoms with Crippen molar-refractivity contribution >= 4 is 32.7 Å². The van der Waals surface area contributed by atoms with E-state index in [0.29, 0.717) is 6.54 Å². The number of hydrogen-bond donors (Lipinski definition) is 2. The van der Waals surface area contributed by atoms with Crippen molar-refractivity contribution in [3.8, 4) is 5.75 Å². The summed E-state index contributed by atoms with van der Waals surface area (Å²) in [5.74, 6) is -0.278. The molecule has 0 aliphatic carbocycles. The van der Waals surface area contributed by atoms with Crippen LogP contribution in [0.3, 0.4) is 0 Å². The number of nitrogens with two attached hydrogens (primary N) is 1. The lowest BCUT2D eigenvalue weighted by Gasteiger charge is -2.10. The maximum Gasteiger partial charge on any atom is 0.329 e. The molecule has 0 atom stereocenters. The summed E-state index contributed by atoms with van der Waals surface area (Å²) in [7, 11) is -2.69. The maximum absolute atomic E-state index is 12.6. The molecule has 0 unspecified atom stereocenters. The highest BCUT2D eigenvalue weighted by Gasteiger charge is 2.17. The van der Waals surface area contributed by atoms with Crippen molar-refractivity contribution in [1.29, 1.82) is 0 Å². The number of aryl methyl sites for hydroxylation is 2. The molecule has 1 amide bonds. The van der Waals surface area contributed by atoms with Gasteiger partial charge in [0.05, 0.1) is 18.1 Å². The zero-order valence-electron chi connectivity index (χ0n) is 16.1. The lowest BCUT2D eigenvalue weighted by Crippen LogP contribution is -2.25. The van der Waals surface area contributed by atoms with Crippen molar-refractivity contribution in [2.75, 3.05) is 12.4 Å². The van der Waals surface area contributed by atoms with E-state index in [1.54, 1.807) is 9.13 Å². The zero-order chi connectivity index (χ0) is 21.2. The normalized spacial score (nSPS) is 11.6. The number of ether oxygens (including phenoxy) is 1. The third-order valence-corrected chi connectivity index (χ3v) is 5.49. The molecule has 0 saturated heterocycles. The Morgan fingerprint density at radius 3 is 2.38 bits per heavy atom. The first-order chi connectivity index (χ1) is 13.8. The molecule has 154 valence electrons. The van der Waals surface area contributed by atoms with Crippen molar-refractivity contribution in [3.63, 3.8) is 0 Å². The van der Waals surface area contributed by atoms with Gasteiger partial charge in [-0.2, -0.15) is 0 Å². The Kier molecular flexibility index (Phi) is 5.76. The van der Waals surface area contributed by atoms with Crippen LogP contribution in [0.5, 0.6) is 5.75 Å². The van der Waals surface area contributed by atoms with E-state index in [0.717, 1.165) is 11.0 Å². The fourth-order valence-corrected chi connectivity index (χ4v) is 3.93. The molecule has 0 aliphatic heterocycles. The van der Waals surface area contributed by atoms with E-state index in [1.807, 2.05) is 31.2 Å². The monoisotopic (exact) mass is 418 g/mol. The number of sulfonamides is 1. The van der Waals surface area contributed by atoms with E-state index in [9.17, 15) is 18.0 Å². The van der Waals surface area contributed by atoms with Gasteiger partial charge in [-0.1, -0.05) is 12.1 Å². The number of para-hydroxylation sites is 2. The minimum atomic E-state index is -4.01. The van der Waals surface area contributed by atoms with Crippen LogP contribution in [0.4, 0.5) is 5.69 Å². The van der Waals surface area contributed by atoms with Gasteiger partial charge in [-0.25, -0.2) is 18.4 Å². The predicted octanol–water partition coefficient (Wildman–Crippen LogP) is 1.51. The smallest absolute Gasteiger partial charge is 0.329 e. The Labute approximate surface area is 167 Å². The molecule has 1 heterocycles. The number of benzene rings is 2. The summed E-state index contributed by atoms with van der Waals surface area (Å²) in [5, 5.41) is 7.82. The molecular weight excluding hydrogens is 396 g/mol. The van der Waals surface area contributed by atoms with Crippen LogP contribution in [-0.2, 0) is 27.9 Å². The predicted molar refractivity (Wildman–Crippen MR) is 109 cm³/mol. The Morgan fingerprint density at radius 1 is 1.14 bits per heavy atom. The molecule has 1 aromatic heterocycles. The summed E-state index contributed by atoms with van der Waals surface area (Å²) in [4.78, 5) is 24.8. The number of hydrogen-bond acceptors (Lipinski definition) is 5. The first-order valence-corrected chi connectivity index (χ1v) is 10.5. The summed E-state index contributed by atoms with van der Waals surface area (Å²) in [5.41, 5.74) is 1.66. The van der Waals surface area contributed by atoms with E-state index in [1.165, 1.54) is 25.3 Å².